The molecule has 0 bridgehead atoms. The molecule has 0 aliphatic heterocycles. The van der Waals surface area contributed by atoms with Crippen LogP contribution in [0.1, 0.15) is 0 Å². The van der Waals surface area contributed by atoms with Gasteiger partial charge in [-0.25, -0.2) is 0 Å². The Morgan fingerprint density at radius 2 is 0.679 bits per heavy atom. The molecule has 0 fully saturated rings. The molecule has 0 N–H and O–H groups in total. The zero-order chi connectivity index (χ0) is 36.7. The molecule has 0 radical (unpaired) electrons. The van der Waals surface area contributed by atoms with Crippen molar-refractivity contribution in [2.24, 2.45) is 0 Å². The first-order valence-electron chi connectivity index (χ1n) is 19.2. The van der Waals surface area contributed by atoms with Crippen LogP contribution in [0.15, 0.2) is 203 Å². The molecule has 2 nitrogen and oxygen atoms in total. The summed E-state index contributed by atoms with van der Waals surface area (Å²) in [4.78, 5) is 0. The first-order valence-corrected chi connectivity index (χ1v) is 19.2. The van der Waals surface area contributed by atoms with Gasteiger partial charge in [0.25, 0.3) is 0 Å². The maximum absolute atomic E-state index is 6.69. The summed E-state index contributed by atoms with van der Waals surface area (Å²) in [7, 11) is 0. The molecule has 0 atom stereocenters. The Morgan fingerprint density at radius 1 is 0.250 bits per heavy atom. The number of rotatable bonds is 4. The van der Waals surface area contributed by atoms with Gasteiger partial charge < -0.3 is 8.83 Å². The van der Waals surface area contributed by atoms with Gasteiger partial charge in [0.05, 0.1) is 5.56 Å². The average Bonchev–Trinajstić information content (AvgIpc) is 3.82. The van der Waals surface area contributed by atoms with E-state index in [0.717, 1.165) is 60.6 Å². The number of hydrogen-bond acceptors (Lipinski definition) is 2. The molecule has 260 valence electrons. The second kappa shape index (κ2) is 12.0. The number of hydrogen-bond donors (Lipinski definition) is 0. The van der Waals surface area contributed by atoms with Crippen molar-refractivity contribution in [1.82, 2.24) is 0 Å². The monoisotopic (exact) mass is 712 g/mol. The molecule has 12 rings (SSSR count). The third-order valence-electron chi connectivity index (χ3n) is 11.7. The maximum Gasteiger partial charge on any atom is 0.147 e. The summed E-state index contributed by atoms with van der Waals surface area (Å²) in [6, 6.07) is 69.8. The fraction of sp³-hybridized carbons (Fsp3) is 0. The van der Waals surface area contributed by atoms with E-state index in [1.165, 1.54) is 60.1 Å². The van der Waals surface area contributed by atoms with Crippen molar-refractivity contribution in [3.05, 3.63) is 194 Å². The number of fused-ring (bicyclic) bond motifs is 9. The molecule has 0 aliphatic carbocycles. The lowest BCUT2D eigenvalue weighted by Crippen LogP contribution is -1.91. The molecule has 2 heterocycles. The molecule has 0 spiro atoms. The molecular weight excluding hydrogens is 681 g/mol. The first-order chi connectivity index (χ1) is 27.8. The fourth-order valence-corrected chi connectivity index (χ4v) is 9.17. The van der Waals surface area contributed by atoms with Crippen molar-refractivity contribution in [2.75, 3.05) is 0 Å². The molecular formula is C54H32O2. The maximum atomic E-state index is 6.69. The predicted molar refractivity (Wildman–Crippen MR) is 235 cm³/mol. The Labute approximate surface area is 322 Å². The second-order valence-electron chi connectivity index (χ2n) is 14.7. The first kappa shape index (κ1) is 31.0. The van der Waals surface area contributed by atoms with Crippen LogP contribution in [-0.4, -0.2) is 0 Å². The Bertz CT molecular complexity index is 3370. The van der Waals surface area contributed by atoms with Crippen LogP contribution in [0.3, 0.4) is 0 Å². The van der Waals surface area contributed by atoms with E-state index in [-0.39, 0.29) is 0 Å². The van der Waals surface area contributed by atoms with Crippen LogP contribution in [-0.2, 0) is 0 Å². The van der Waals surface area contributed by atoms with Crippen LogP contribution in [0.4, 0.5) is 0 Å². The third kappa shape index (κ3) is 4.57. The smallest absolute Gasteiger partial charge is 0.147 e. The summed E-state index contributed by atoms with van der Waals surface area (Å²) in [5.74, 6) is 0. The standard InChI is InChI=1S/C54H32O2/c1-2-17-38-33(13-1)14-12-24-39(38)34-27-29-35(30-28-34)50-42-20-3-5-22-44(42)51(45-23-6-4-21-43(45)50)36-15-11-16-37(31-36)52-53-46(40-18-7-9-25-48(40)55-53)32-47-41-19-8-10-26-49(41)56-54(47)52/h1-32H. The van der Waals surface area contributed by atoms with Crippen molar-refractivity contribution in [2.45, 2.75) is 0 Å². The summed E-state index contributed by atoms with van der Waals surface area (Å²) in [5.41, 5.74) is 12.7. The van der Waals surface area contributed by atoms with Gasteiger partial charge in [-0.15, -0.1) is 0 Å². The minimum atomic E-state index is 0.840. The van der Waals surface area contributed by atoms with E-state index in [0.29, 0.717) is 0 Å². The van der Waals surface area contributed by atoms with Crippen LogP contribution in [0.2, 0.25) is 0 Å². The van der Waals surface area contributed by atoms with E-state index in [4.69, 9.17) is 8.83 Å². The van der Waals surface area contributed by atoms with Gasteiger partial charge >= 0.3 is 0 Å². The molecule has 12 aromatic rings. The van der Waals surface area contributed by atoms with E-state index in [1.54, 1.807) is 0 Å². The van der Waals surface area contributed by atoms with Crippen molar-refractivity contribution in [1.29, 1.82) is 0 Å². The highest BCUT2D eigenvalue weighted by Crippen LogP contribution is 2.48. The predicted octanol–water partition coefficient (Wildman–Crippen LogP) is 15.6. The SMILES string of the molecule is c1cc(-c2c3ccccc3c(-c3ccc(-c4cccc5ccccc45)cc3)c3ccccc23)cc(-c2c3oc4ccccc4c3cc3c2oc2ccccc23)c1. The van der Waals surface area contributed by atoms with Gasteiger partial charge in [-0.1, -0.05) is 170 Å². The van der Waals surface area contributed by atoms with Crippen LogP contribution in [0, 0.1) is 0 Å². The summed E-state index contributed by atoms with van der Waals surface area (Å²) >= 11 is 0. The number of para-hydroxylation sites is 2. The largest absolute Gasteiger partial charge is 0.455 e. The van der Waals surface area contributed by atoms with Gasteiger partial charge in [-0.05, 0) is 95.5 Å². The normalized spacial score (nSPS) is 11.9. The zero-order valence-corrected chi connectivity index (χ0v) is 30.3. The van der Waals surface area contributed by atoms with Gasteiger partial charge in [-0.3, -0.25) is 0 Å². The minimum absolute atomic E-state index is 0.840. The summed E-state index contributed by atoms with van der Waals surface area (Å²) in [5, 5.41) is 11.8. The van der Waals surface area contributed by atoms with E-state index < -0.39 is 0 Å². The van der Waals surface area contributed by atoms with Crippen molar-refractivity contribution >= 4 is 76.2 Å². The molecule has 2 heteroatoms. The fourth-order valence-electron chi connectivity index (χ4n) is 9.17. The number of benzene rings is 10. The number of furan rings is 2. The highest BCUT2D eigenvalue weighted by Gasteiger charge is 2.22. The van der Waals surface area contributed by atoms with Gasteiger partial charge in [-0.2, -0.15) is 0 Å². The molecule has 2 aromatic heterocycles. The Kier molecular flexibility index (Phi) is 6.66. The van der Waals surface area contributed by atoms with E-state index in [2.05, 4.69) is 170 Å². The second-order valence-corrected chi connectivity index (χ2v) is 14.7. The van der Waals surface area contributed by atoms with Crippen molar-refractivity contribution < 1.29 is 8.83 Å². The lowest BCUT2D eigenvalue weighted by atomic mass is 9.85. The van der Waals surface area contributed by atoms with E-state index in [9.17, 15) is 0 Å². The zero-order valence-electron chi connectivity index (χ0n) is 30.3. The van der Waals surface area contributed by atoms with Gasteiger partial charge in [0.2, 0.25) is 0 Å². The molecule has 10 aromatic carbocycles. The van der Waals surface area contributed by atoms with Crippen LogP contribution in [0.25, 0.3) is 121 Å². The summed E-state index contributed by atoms with van der Waals surface area (Å²) < 4.78 is 13.4. The Morgan fingerprint density at radius 3 is 1.27 bits per heavy atom. The lowest BCUT2D eigenvalue weighted by molar-refractivity contribution is 0.658. The molecule has 56 heavy (non-hydrogen) atoms. The lowest BCUT2D eigenvalue weighted by Gasteiger charge is -2.18. The van der Waals surface area contributed by atoms with Crippen molar-refractivity contribution in [3.63, 3.8) is 0 Å². The minimum Gasteiger partial charge on any atom is -0.455 e. The molecule has 0 saturated carbocycles. The average molecular weight is 713 g/mol. The van der Waals surface area contributed by atoms with Gasteiger partial charge in [0.1, 0.15) is 22.3 Å². The summed E-state index contributed by atoms with van der Waals surface area (Å²) in [6.07, 6.45) is 0. The Hall–Kier alpha value is -7.42. The molecule has 0 aliphatic rings. The quantitative estimate of drug-likeness (QED) is 0.170. The van der Waals surface area contributed by atoms with E-state index >= 15 is 0 Å². The van der Waals surface area contributed by atoms with Gasteiger partial charge in [0, 0.05) is 21.5 Å². The van der Waals surface area contributed by atoms with Crippen molar-refractivity contribution in [3.8, 4) is 44.5 Å². The summed E-state index contributed by atoms with van der Waals surface area (Å²) in [6.45, 7) is 0. The third-order valence-corrected chi connectivity index (χ3v) is 11.7. The molecule has 0 amide bonds. The van der Waals surface area contributed by atoms with Crippen LogP contribution < -0.4 is 0 Å². The highest BCUT2D eigenvalue weighted by atomic mass is 16.3. The topological polar surface area (TPSA) is 26.3 Å². The Balaban J connectivity index is 1.08. The highest BCUT2D eigenvalue weighted by molar-refractivity contribution is 6.24. The molecule has 0 saturated heterocycles. The van der Waals surface area contributed by atoms with Crippen LogP contribution >= 0.6 is 0 Å². The van der Waals surface area contributed by atoms with E-state index in [1.807, 2.05) is 24.3 Å². The van der Waals surface area contributed by atoms with Gasteiger partial charge in [0.15, 0.2) is 0 Å². The van der Waals surface area contributed by atoms with Crippen LogP contribution in [0.5, 0.6) is 0 Å². The molecule has 0 unspecified atom stereocenters.